The summed E-state index contributed by atoms with van der Waals surface area (Å²) < 4.78 is 5.44. The maximum absolute atomic E-state index is 12.5. The predicted molar refractivity (Wildman–Crippen MR) is 123 cm³/mol. The molecular weight excluding hydrogens is 376 g/mol. The van der Waals surface area contributed by atoms with Crippen molar-refractivity contribution in [2.45, 2.75) is 118 Å². The van der Waals surface area contributed by atoms with E-state index in [1.54, 1.807) is 0 Å². The van der Waals surface area contributed by atoms with Crippen LogP contribution >= 0.6 is 0 Å². The highest BCUT2D eigenvalue weighted by Gasteiger charge is 2.40. The van der Waals surface area contributed by atoms with E-state index in [2.05, 4.69) is 27.7 Å². The quantitative estimate of drug-likeness (QED) is 0.209. The van der Waals surface area contributed by atoms with Crippen molar-refractivity contribution >= 4 is 11.9 Å². The number of hydrogen-bond acceptors (Lipinski definition) is 3. The minimum absolute atomic E-state index is 0.282. The van der Waals surface area contributed by atoms with E-state index < -0.39 is 17.8 Å². The Hall–Kier alpha value is -1.06. The summed E-state index contributed by atoms with van der Waals surface area (Å²) in [5.74, 6) is -0.159. The first-order valence-electron chi connectivity index (χ1n) is 12.7. The molecule has 0 spiro atoms. The van der Waals surface area contributed by atoms with E-state index in [9.17, 15) is 14.7 Å². The Morgan fingerprint density at radius 3 is 2.27 bits per heavy atom. The third-order valence-electron chi connectivity index (χ3n) is 6.86. The van der Waals surface area contributed by atoms with Crippen molar-refractivity contribution in [3.8, 4) is 0 Å². The van der Waals surface area contributed by atoms with Gasteiger partial charge in [-0.1, -0.05) is 91.9 Å². The average Bonchev–Trinajstić information content (AvgIpc) is 2.70. The van der Waals surface area contributed by atoms with Crippen LogP contribution in [0.25, 0.3) is 0 Å². The number of carbonyl (C=O) groups is 2. The Morgan fingerprint density at radius 1 is 0.900 bits per heavy atom. The molecule has 0 amide bonds. The lowest BCUT2D eigenvalue weighted by molar-refractivity contribution is -0.160. The molecule has 0 aromatic heterocycles. The lowest BCUT2D eigenvalue weighted by Crippen LogP contribution is -2.36. The van der Waals surface area contributed by atoms with E-state index in [0.29, 0.717) is 25.4 Å². The van der Waals surface area contributed by atoms with Crippen LogP contribution in [0.15, 0.2) is 0 Å². The first kappa shape index (κ1) is 27.0. The molecule has 1 aliphatic rings. The molecule has 4 nitrogen and oxygen atoms in total. The van der Waals surface area contributed by atoms with Crippen molar-refractivity contribution in [2.75, 3.05) is 6.61 Å². The van der Waals surface area contributed by atoms with Crippen LogP contribution in [0.4, 0.5) is 0 Å². The summed E-state index contributed by atoms with van der Waals surface area (Å²) >= 11 is 0. The molecule has 176 valence electrons. The highest BCUT2D eigenvalue weighted by molar-refractivity contribution is 5.81. The number of hydrogen-bond donors (Lipinski definition) is 1. The third kappa shape index (κ3) is 11.4. The molecule has 0 aromatic carbocycles. The molecule has 1 aliphatic carbocycles. The van der Waals surface area contributed by atoms with E-state index in [1.807, 2.05) is 0 Å². The lowest BCUT2D eigenvalue weighted by Gasteiger charge is -2.32. The van der Waals surface area contributed by atoms with Gasteiger partial charge in [0.25, 0.3) is 0 Å². The zero-order chi connectivity index (χ0) is 22.4. The van der Waals surface area contributed by atoms with Crippen LogP contribution in [0, 0.1) is 29.6 Å². The maximum atomic E-state index is 12.5. The number of aliphatic carboxylic acids is 1. The number of unbranched alkanes of at least 4 members (excludes halogenated alkanes) is 4. The van der Waals surface area contributed by atoms with Crippen molar-refractivity contribution < 1.29 is 19.4 Å². The number of carboxylic acid groups (broad SMARTS) is 1. The fourth-order valence-electron chi connectivity index (χ4n) is 4.83. The van der Waals surface area contributed by atoms with Gasteiger partial charge in [-0.3, -0.25) is 9.59 Å². The third-order valence-corrected chi connectivity index (χ3v) is 6.86. The fourth-order valence-corrected chi connectivity index (χ4v) is 4.83. The molecule has 4 unspecified atom stereocenters. The van der Waals surface area contributed by atoms with Crippen LogP contribution in [0.3, 0.4) is 0 Å². The van der Waals surface area contributed by atoms with Crippen molar-refractivity contribution in [3.05, 3.63) is 0 Å². The van der Waals surface area contributed by atoms with Gasteiger partial charge in [0.15, 0.2) is 0 Å². The molecule has 30 heavy (non-hydrogen) atoms. The van der Waals surface area contributed by atoms with Gasteiger partial charge in [0.05, 0.1) is 18.4 Å². The molecule has 0 heterocycles. The molecule has 1 saturated carbocycles. The Labute approximate surface area is 185 Å². The van der Waals surface area contributed by atoms with Crippen molar-refractivity contribution in [1.82, 2.24) is 0 Å². The van der Waals surface area contributed by atoms with Gasteiger partial charge in [-0.15, -0.1) is 0 Å². The zero-order valence-electron chi connectivity index (χ0n) is 20.2. The highest BCUT2D eigenvalue weighted by Crippen LogP contribution is 2.37. The summed E-state index contributed by atoms with van der Waals surface area (Å²) in [4.78, 5) is 24.3. The Bertz CT molecular complexity index is 474. The highest BCUT2D eigenvalue weighted by atomic mass is 16.5. The summed E-state index contributed by atoms with van der Waals surface area (Å²) in [7, 11) is 0. The molecule has 4 heteroatoms. The largest absolute Gasteiger partial charge is 0.481 e. The van der Waals surface area contributed by atoms with Gasteiger partial charge in [-0.25, -0.2) is 0 Å². The summed E-state index contributed by atoms with van der Waals surface area (Å²) in [6, 6.07) is 0. The Balaban J connectivity index is 2.31. The monoisotopic (exact) mass is 424 g/mol. The topological polar surface area (TPSA) is 63.6 Å². The van der Waals surface area contributed by atoms with Crippen LogP contribution < -0.4 is 0 Å². The molecule has 0 aliphatic heterocycles. The molecule has 0 saturated heterocycles. The van der Waals surface area contributed by atoms with Gasteiger partial charge in [0.2, 0.25) is 0 Å². The van der Waals surface area contributed by atoms with E-state index >= 15 is 0 Å². The van der Waals surface area contributed by atoms with Crippen LogP contribution in [-0.4, -0.2) is 23.7 Å². The summed E-state index contributed by atoms with van der Waals surface area (Å²) in [5, 5.41) is 9.69. The van der Waals surface area contributed by atoms with Crippen LogP contribution in [0.5, 0.6) is 0 Å². The number of rotatable bonds is 16. The van der Waals surface area contributed by atoms with E-state index in [1.165, 1.54) is 51.4 Å². The Kier molecular flexibility index (Phi) is 14.1. The SMILES string of the molecule is CCCCCCCOC(=O)C1CCC(CCCC(C)CCCC(C)C)CC1C(=O)O. The van der Waals surface area contributed by atoms with Gasteiger partial charge in [0, 0.05) is 0 Å². The number of carboxylic acids is 1. The van der Waals surface area contributed by atoms with Crippen molar-refractivity contribution in [2.24, 2.45) is 29.6 Å². The summed E-state index contributed by atoms with van der Waals surface area (Å²) in [6.45, 7) is 9.52. The second kappa shape index (κ2) is 15.7. The maximum Gasteiger partial charge on any atom is 0.309 e. The van der Waals surface area contributed by atoms with Crippen LogP contribution in [0.1, 0.15) is 118 Å². The molecule has 4 atom stereocenters. The smallest absolute Gasteiger partial charge is 0.309 e. The van der Waals surface area contributed by atoms with Gasteiger partial charge in [0.1, 0.15) is 0 Å². The van der Waals surface area contributed by atoms with Crippen molar-refractivity contribution in [3.63, 3.8) is 0 Å². The fraction of sp³-hybridized carbons (Fsp3) is 0.923. The van der Waals surface area contributed by atoms with Gasteiger partial charge in [-0.05, 0) is 43.4 Å². The minimum Gasteiger partial charge on any atom is -0.481 e. The zero-order valence-corrected chi connectivity index (χ0v) is 20.2. The number of carbonyl (C=O) groups excluding carboxylic acids is 1. The van der Waals surface area contributed by atoms with Gasteiger partial charge >= 0.3 is 11.9 Å². The predicted octanol–water partition coefficient (Wildman–Crippen LogP) is 7.25. The standard InChI is InChI=1S/C26H48O4/c1-5-6-7-8-9-18-30-26(29)23-17-16-22(19-24(23)25(27)28)15-11-14-21(4)13-10-12-20(2)3/h20-24H,5-19H2,1-4H3,(H,27,28). The average molecular weight is 425 g/mol. The second-order valence-corrected chi connectivity index (χ2v) is 10.2. The van der Waals surface area contributed by atoms with Crippen LogP contribution in [-0.2, 0) is 14.3 Å². The molecule has 0 bridgehead atoms. The molecular formula is C26H48O4. The second-order valence-electron chi connectivity index (χ2n) is 10.2. The lowest BCUT2D eigenvalue weighted by atomic mass is 9.72. The van der Waals surface area contributed by atoms with E-state index in [-0.39, 0.29) is 5.97 Å². The minimum atomic E-state index is -0.827. The summed E-state index contributed by atoms with van der Waals surface area (Å²) in [6.07, 6.45) is 15.2. The van der Waals surface area contributed by atoms with E-state index in [4.69, 9.17) is 4.74 Å². The first-order chi connectivity index (χ1) is 14.3. The van der Waals surface area contributed by atoms with Crippen molar-refractivity contribution in [1.29, 1.82) is 0 Å². The Morgan fingerprint density at radius 2 is 1.60 bits per heavy atom. The number of ether oxygens (including phenoxy) is 1. The molecule has 1 fully saturated rings. The van der Waals surface area contributed by atoms with E-state index in [0.717, 1.165) is 37.5 Å². The van der Waals surface area contributed by atoms with Gasteiger partial charge in [-0.2, -0.15) is 0 Å². The molecule has 0 aromatic rings. The molecule has 1 N–H and O–H groups in total. The first-order valence-corrected chi connectivity index (χ1v) is 12.7. The number of esters is 1. The van der Waals surface area contributed by atoms with Gasteiger partial charge < -0.3 is 9.84 Å². The van der Waals surface area contributed by atoms with Crippen LogP contribution in [0.2, 0.25) is 0 Å². The molecule has 0 radical (unpaired) electrons. The molecule has 1 rings (SSSR count). The summed E-state index contributed by atoms with van der Waals surface area (Å²) in [5.41, 5.74) is 0. The normalized spacial score (nSPS) is 22.8.